The summed E-state index contributed by atoms with van der Waals surface area (Å²) in [7, 11) is 0. The van der Waals surface area contributed by atoms with Crippen molar-refractivity contribution in [2.24, 2.45) is 5.41 Å². The molecule has 1 heteroatoms. The molecule has 0 aromatic heterocycles. The first-order chi connectivity index (χ1) is 6.18. The molecule has 13 heavy (non-hydrogen) atoms. The summed E-state index contributed by atoms with van der Waals surface area (Å²) in [6.07, 6.45) is 11.4. The standard InChI is InChI=1S/C12H21N/c1-12(2)9-5-8-11(12)13-10-6-3-4-7-10/h3,6,10-11,13H,4-5,7-9H2,1-2H3. The van der Waals surface area contributed by atoms with Gasteiger partial charge in [-0.05, 0) is 31.1 Å². The van der Waals surface area contributed by atoms with Crippen molar-refractivity contribution in [3.63, 3.8) is 0 Å². The minimum Gasteiger partial charge on any atom is -0.307 e. The lowest BCUT2D eigenvalue weighted by atomic mass is 9.87. The lowest BCUT2D eigenvalue weighted by molar-refractivity contribution is 0.271. The lowest BCUT2D eigenvalue weighted by Crippen LogP contribution is -2.42. The zero-order valence-corrected chi connectivity index (χ0v) is 8.84. The van der Waals surface area contributed by atoms with Crippen molar-refractivity contribution < 1.29 is 0 Å². The maximum atomic E-state index is 3.78. The van der Waals surface area contributed by atoms with Crippen LogP contribution in [-0.2, 0) is 0 Å². The SMILES string of the molecule is CC1(C)CCCC1NC1C=CCC1. The summed E-state index contributed by atoms with van der Waals surface area (Å²) in [6.45, 7) is 4.80. The van der Waals surface area contributed by atoms with E-state index in [-0.39, 0.29) is 0 Å². The summed E-state index contributed by atoms with van der Waals surface area (Å²) < 4.78 is 0. The molecule has 1 fully saturated rings. The van der Waals surface area contributed by atoms with Crippen LogP contribution in [0.15, 0.2) is 12.2 Å². The molecule has 2 rings (SSSR count). The number of hydrogen-bond donors (Lipinski definition) is 1. The predicted octanol–water partition coefficient (Wildman–Crippen LogP) is 2.87. The van der Waals surface area contributed by atoms with Gasteiger partial charge in [0.2, 0.25) is 0 Å². The van der Waals surface area contributed by atoms with Crippen LogP contribution in [0.3, 0.4) is 0 Å². The first kappa shape index (κ1) is 9.26. The van der Waals surface area contributed by atoms with E-state index >= 15 is 0 Å². The molecular weight excluding hydrogens is 158 g/mol. The van der Waals surface area contributed by atoms with Gasteiger partial charge in [0.05, 0.1) is 0 Å². The Morgan fingerprint density at radius 2 is 2.15 bits per heavy atom. The van der Waals surface area contributed by atoms with Crippen LogP contribution in [0.2, 0.25) is 0 Å². The molecule has 1 nitrogen and oxygen atoms in total. The van der Waals surface area contributed by atoms with Gasteiger partial charge in [-0.25, -0.2) is 0 Å². The Balaban J connectivity index is 1.90. The molecule has 1 N–H and O–H groups in total. The second-order valence-corrected chi connectivity index (χ2v) is 5.21. The third kappa shape index (κ3) is 1.96. The van der Waals surface area contributed by atoms with Gasteiger partial charge in [0.25, 0.3) is 0 Å². The molecular formula is C12H21N. The first-order valence-electron chi connectivity index (χ1n) is 5.61. The van der Waals surface area contributed by atoms with Crippen LogP contribution in [0.1, 0.15) is 46.0 Å². The second kappa shape index (κ2) is 3.45. The van der Waals surface area contributed by atoms with E-state index in [0.717, 1.165) is 6.04 Å². The van der Waals surface area contributed by atoms with Gasteiger partial charge in [-0.15, -0.1) is 0 Å². The van der Waals surface area contributed by atoms with Crippen LogP contribution in [0, 0.1) is 5.41 Å². The van der Waals surface area contributed by atoms with Gasteiger partial charge in [0.15, 0.2) is 0 Å². The number of rotatable bonds is 2. The Morgan fingerprint density at radius 1 is 1.31 bits per heavy atom. The van der Waals surface area contributed by atoms with Crippen molar-refractivity contribution in [1.82, 2.24) is 5.32 Å². The van der Waals surface area contributed by atoms with Crippen molar-refractivity contribution in [3.05, 3.63) is 12.2 Å². The normalized spacial score (nSPS) is 37.1. The van der Waals surface area contributed by atoms with E-state index in [1.807, 2.05) is 0 Å². The first-order valence-corrected chi connectivity index (χ1v) is 5.61. The predicted molar refractivity (Wildman–Crippen MR) is 56.7 cm³/mol. The van der Waals surface area contributed by atoms with Crippen LogP contribution in [0.4, 0.5) is 0 Å². The molecule has 2 atom stereocenters. The molecule has 0 radical (unpaired) electrons. The summed E-state index contributed by atoms with van der Waals surface area (Å²) in [5.41, 5.74) is 0.524. The van der Waals surface area contributed by atoms with E-state index in [1.165, 1.54) is 32.1 Å². The second-order valence-electron chi connectivity index (χ2n) is 5.21. The molecule has 74 valence electrons. The van der Waals surface area contributed by atoms with Gasteiger partial charge in [-0.1, -0.05) is 32.4 Å². The minimum atomic E-state index is 0.524. The maximum Gasteiger partial charge on any atom is 0.0255 e. The third-order valence-electron chi connectivity index (χ3n) is 3.69. The van der Waals surface area contributed by atoms with Crippen molar-refractivity contribution in [1.29, 1.82) is 0 Å². The van der Waals surface area contributed by atoms with Gasteiger partial charge < -0.3 is 5.32 Å². The molecule has 0 saturated heterocycles. The molecule has 0 bridgehead atoms. The number of allylic oxidation sites excluding steroid dienone is 1. The van der Waals surface area contributed by atoms with Crippen LogP contribution < -0.4 is 5.32 Å². The van der Waals surface area contributed by atoms with E-state index in [4.69, 9.17) is 0 Å². The summed E-state index contributed by atoms with van der Waals surface area (Å²) in [4.78, 5) is 0. The van der Waals surface area contributed by atoms with Crippen LogP contribution in [0.25, 0.3) is 0 Å². The number of hydrogen-bond acceptors (Lipinski definition) is 1. The number of nitrogens with one attached hydrogen (secondary N) is 1. The highest BCUT2D eigenvalue weighted by molar-refractivity contribution is 5.04. The van der Waals surface area contributed by atoms with Crippen molar-refractivity contribution >= 4 is 0 Å². The van der Waals surface area contributed by atoms with Crippen LogP contribution >= 0.6 is 0 Å². The molecule has 0 aliphatic heterocycles. The van der Waals surface area contributed by atoms with E-state index in [0.29, 0.717) is 11.5 Å². The highest BCUT2D eigenvalue weighted by Crippen LogP contribution is 2.37. The Morgan fingerprint density at radius 3 is 2.69 bits per heavy atom. The summed E-state index contributed by atoms with van der Waals surface area (Å²) >= 11 is 0. The Bertz CT molecular complexity index is 205. The summed E-state index contributed by atoms with van der Waals surface area (Å²) in [5, 5.41) is 3.78. The van der Waals surface area contributed by atoms with Gasteiger partial charge in [-0.3, -0.25) is 0 Å². The maximum absolute atomic E-state index is 3.78. The topological polar surface area (TPSA) is 12.0 Å². The minimum absolute atomic E-state index is 0.524. The van der Waals surface area contributed by atoms with E-state index in [9.17, 15) is 0 Å². The molecule has 0 spiro atoms. The molecule has 0 aromatic rings. The van der Waals surface area contributed by atoms with Crippen molar-refractivity contribution in [2.45, 2.75) is 58.0 Å². The largest absolute Gasteiger partial charge is 0.307 e. The molecule has 2 aliphatic carbocycles. The lowest BCUT2D eigenvalue weighted by Gasteiger charge is -2.30. The highest BCUT2D eigenvalue weighted by atomic mass is 15.0. The monoisotopic (exact) mass is 179 g/mol. The average molecular weight is 179 g/mol. The van der Waals surface area contributed by atoms with E-state index in [2.05, 4.69) is 31.3 Å². The molecule has 2 unspecified atom stereocenters. The Kier molecular flexibility index (Phi) is 2.46. The third-order valence-corrected chi connectivity index (χ3v) is 3.69. The van der Waals surface area contributed by atoms with Crippen LogP contribution in [0.5, 0.6) is 0 Å². The van der Waals surface area contributed by atoms with Crippen molar-refractivity contribution in [3.8, 4) is 0 Å². The summed E-state index contributed by atoms with van der Waals surface area (Å²) in [5.74, 6) is 0. The summed E-state index contributed by atoms with van der Waals surface area (Å²) in [6, 6.07) is 1.42. The van der Waals surface area contributed by atoms with E-state index < -0.39 is 0 Å². The van der Waals surface area contributed by atoms with Gasteiger partial charge in [-0.2, -0.15) is 0 Å². The zero-order chi connectivity index (χ0) is 9.31. The molecule has 0 aromatic carbocycles. The Hall–Kier alpha value is -0.300. The van der Waals surface area contributed by atoms with Crippen LogP contribution in [-0.4, -0.2) is 12.1 Å². The van der Waals surface area contributed by atoms with E-state index in [1.54, 1.807) is 0 Å². The quantitative estimate of drug-likeness (QED) is 0.643. The molecule has 2 aliphatic rings. The zero-order valence-electron chi connectivity index (χ0n) is 8.84. The highest BCUT2D eigenvalue weighted by Gasteiger charge is 2.35. The molecule has 1 saturated carbocycles. The fraction of sp³-hybridized carbons (Fsp3) is 0.833. The van der Waals surface area contributed by atoms with Gasteiger partial charge in [0, 0.05) is 12.1 Å². The van der Waals surface area contributed by atoms with Gasteiger partial charge in [0.1, 0.15) is 0 Å². The fourth-order valence-electron chi connectivity index (χ4n) is 2.67. The van der Waals surface area contributed by atoms with Gasteiger partial charge >= 0.3 is 0 Å². The van der Waals surface area contributed by atoms with Crippen molar-refractivity contribution in [2.75, 3.05) is 0 Å². The molecule has 0 amide bonds. The molecule has 0 heterocycles. The smallest absolute Gasteiger partial charge is 0.0255 e. The average Bonchev–Trinajstić information content (AvgIpc) is 2.63. The Labute approximate surface area is 81.6 Å². The fourth-order valence-corrected chi connectivity index (χ4v) is 2.67.